The van der Waals surface area contributed by atoms with Crippen molar-refractivity contribution < 1.29 is 24.2 Å². The average Bonchev–Trinajstić information content (AvgIpc) is 2.62. The van der Waals surface area contributed by atoms with Crippen LogP contribution in [0.3, 0.4) is 0 Å². The summed E-state index contributed by atoms with van der Waals surface area (Å²) in [5.41, 5.74) is 1.01. The van der Waals surface area contributed by atoms with E-state index in [1.165, 1.54) is 38.1 Å². The van der Waals surface area contributed by atoms with Crippen molar-refractivity contribution in [3.63, 3.8) is 0 Å². The van der Waals surface area contributed by atoms with Crippen molar-refractivity contribution in [3.8, 4) is 11.5 Å². The minimum atomic E-state index is -1.18. The number of aromatic carboxylic acids is 1. The van der Waals surface area contributed by atoms with Crippen LogP contribution in [0.4, 0.5) is 5.69 Å². The minimum Gasteiger partial charge on any atom is -0.493 e. The Bertz CT molecular complexity index is 812. The van der Waals surface area contributed by atoms with E-state index in [2.05, 4.69) is 5.32 Å². The van der Waals surface area contributed by atoms with Gasteiger partial charge in [0.15, 0.2) is 11.5 Å². The number of thioether (sulfide) groups is 1. The molecule has 1 amide bonds. The van der Waals surface area contributed by atoms with Crippen molar-refractivity contribution in [2.45, 2.75) is 5.75 Å². The first-order valence-corrected chi connectivity index (χ1v) is 9.09. The highest BCUT2D eigenvalue weighted by Crippen LogP contribution is 2.33. The Balaban J connectivity index is 2.05. The van der Waals surface area contributed by atoms with Gasteiger partial charge in [0.25, 0.3) is 0 Å². The summed E-state index contributed by atoms with van der Waals surface area (Å²) < 4.78 is 10.3. The Morgan fingerprint density at radius 1 is 1.15 bits per heavy atom. The summed E-state index contributed by atoms with van der Waals surface area (Å²) in [6.07, 6.45) is 0. The molecule has 26 heavy (non-hydrogen) atoms. The number of rotatable bonds is 8. The van der Waals surface area contributed by atoms with Crippen molar-refractivity contribution in [3.05, 3.63) is 52.5 Å². The number of ether oxygens (including phenoxy) is 2. The van der Waals surface area contributed by atoms with Gasteiger partial charge in [0.05, 0.1) is 31.2 Å². The topological polar surface area (TPSA) is 84.9 Å². The van der Waals surface area contributed by atoms with Gasteiger partial charge in [-0.1, -0.05) is 29.8 Å². The molecule has 138 valence electrons. The van der Waals surface area contributed by atoms with Crippen LogP contribution < -0.4 is 14.8 Å². The van der Waals surface area contributed by atoms with Crippen LogP contribution in [0.15, 0.2) is 36.4 Å². The van der Waals surface area contributed by atoms with E-state index >= 15 is 0 Å². The summed E-state index contributed by atoms with van der Waals surface area (Å²) in [7, 11) is 2.84. The molecule has 2 N–H and O–H groups in total. The molecule has 0 unspecified atom stereocenters. The molecular weight excluding hydrogens is 378 g/mol. The molecule has 0 spiro atoms. The van der Waals surface area contributed by atoms with Gasteiger partial charge in [-0.3, -0.25) is 4.79 Å². The van der Waals surface area contributed by atoms with Gasteiger partial charge in [0.1, 0.15) is 0 Å². The summed E-state index contributed by atoms with van der Waals surface area (Å²) in [4.78, 5) is 23.6. The molecule has 0 saturated heterocycles. The number of carbonyl (C=O) groups excluding carboxylic acids is 1. The maximum Gasteiger partial charge on any atom is 0.337 e. The van der Waals surface area contributed by atoms with Gasteiger partial charge < -0.3 is 19.9 Å². The first-order valence-electron chi connectivity index (χ1n) is 7.56. The van der Waals surface area contributed by atoms with Gasteiger partial charge in [0, 0.05) is 22.9 Å². The number of hydrogen-bond acceptors (Lipinski definition) is 5. The number of anilines is 1. The fourth-order valence-corrected chi connectivity index (χ4v) is 3.33. The van der Waals surface area contributed by atoms with Gasteiger partial charge in [-0.05, 0) is 11.6 Å². The molecule has 0 fully saturated rings. The van der Waals surface area contributed by atoms with Crippen molar-refractivity contribution >= 4 is 40.9 Å². The van der Waals surface area contributed by atoms with Gasteiger partial charge in [-0.15, -0.1) is 11.8 Å². The molecule has 0 aliphatic carbocycles. The minimum absolute atomic E-state index is 0.0768. The second kappa shape index (κ2) is 9.35. The molecule has 2 rings (SSSR count). The monoisotopic (exact) mass is 395 g/mol. The number of amides is 1. The molecule has 0 bridgehead atoms. The van der Waals surface area contributed by atoms with E-state index in [0.29, 0.717) is 16.5 Å². The second-order valence-corrected chi connectivity index (χ2v) is 6.58. The number of halogens is 1. The van der Waals surface area contributed by atoms with E-state index in [0.717, 1.165) is 5.56 Å². The average molecular weight is 396 g/mol. The third kappa shape index (κ3) is 5.06. The lowest BCUT2D eigenvalue weighted by molar-refractivity contribution is -0.113. The van der Waals surface area contributed by atoms with E-state index in [9.17, 15) is 14.7 Å². The molecule has 6 nitrogen and oxygen atoms in total. The van der Waals surface area contributed by atoms with E-state index in [1.54, 1.807) is 6.07 Å². The Kier molecular flexibility index (Phi) is 7.17. The van der Waals surface area contributed by atoms with Crippen molar-refractivity contribution in [1.82, 2.24) is 0 Å². The SMILES string of the molecule is COc1cc(NC(=O)CSCc2ccccc2Cl)c(C(=O)O)cc1OC. The molecule has 2 aromatic rings. The smallest absolute Gasteiger partial charge is 0.337 e. The Morgan fingerprint density at radius 2 is 1.81 bits per heavy atom. The number of nitrogens with one attached hydrogen (secondary N) is 1. The fourth-order valence-electron chi connectivity index (χ4n) is 2.21. The van der Waals surface area contributed by atoms with Gasteiger partial charge >= 0.3 is 5.97 Å². The van der Waals surface area contributed by atoms with Crippen LogP contribution >= 0.6 is 23.4 Å². The Hall–Kier alpha value is -2.38. The van der Waals surface area contributed by atoms with E-state index in [1.807, 2.05) is 18.2 Å². The van der Waals surface area contributed by atoms with Crippen LogP contribution in [-0.2, 0) is 10.5 Å². The highest BCUT2D eigenvalue weighted by Gasteiger charge is 2.18. The van der Waals surface area contributed by atoms with Crippen molar-refractivity contribution in [2.24, 2.45) is 0 Å². The van der Waals surface area contributed by atoms with Crippen molar-refractivity contribution in [1.29, 1.82) is 0 Å². The number of carboxylic acids is 1. The number of carbonyl (C=O) groups is 2. The summed E-state index contributed by atoms with van der Waals surface area (Å²) in [6, 6.07) is 10.1. The first-order chi connectivity index (χ1) is 12.5. The molecular formula is C18H18ClNO5S. The van der Waals surface area contributed by atoms with Gasteiger partial charge in [-0.2, -0.15) is 0 Å². The number of benzene rings is 2. The molecule has 2 aromatic carbocycles. The van der Waals surface area contributed by atoms with E-state index < -0.39 is 5.97 Å². The lowest BCUT2D eigenvalue weighted by Gasteiger charge is -2.13. The van der Waals surface area contributed by atoms with Crippen LogP contribution in [-0.4, -0.2) is 37.0 Å². The zero-order valence-corrected chi connectivity index (χ0v) is 15.8. The van der Waals surface area contributed by atoms with Crippen LogP contribution in [0.1, 0.15) is 15.9 Å². The quantitative estimate of drug-likeness (QED) is 0.704. The van der Waals surface area contributed by atoms with Gasteiger partial charge in [0.2, 0.25) is 5.91 Å². The number of methoxy groups -OCH3 is 2. The Morgan fingerprint density at radius 3 is 2.42 bits per heavy atom. The number of carboxylic acid groups (broad SMARTS) is 1. The summed E-state index contributed by atoms with van der Waals surface area (Å²) in [6.45, 7) is 0. The lowest BCUT2D eigenvalue weighted by Crippen LogP contribution is -2.17. The number of hydrogen-bond donors (Lipinski definition) is 2. The molecule has 0 heterocycles. The molecule has 0 atom stereocenters. The molecule has 0 aliphatic rings. The van der Waals surface area contributed by atoms with E-state index in [4.69, 9.17) is 21.1 Å². The zero-order valence-electron chi connectivity index (χ0n) is 14.2. The molecule has 0 aromatic heterocycles. The molecule has 0 radical (unpaired) electrons. The summed E-state index contributed by atoms with van der Waals surface area (Å²) in [5, 5.41) is 12.6. The van der Waals surface area contributed by atoms with E-state index in [-0.39, 0.29) is 28.7 Å². The predicted octanol–water partition coefficient (Wildman–Crippen LogP) is 3.93. The highest BCUT2D eigenvalue weighted by molar-refractivity contribution is 7.99. The largest absolute Gasteiger partial charge is 0.493 e. The highest BCUT2D eigenvalue weighted by atomic mass is 35.5. The summed E-state index contributed by atoms with van der Waals surface area (Å²) in [5.74, 6) is -0.169. The molecule has 8 heteroatoms. The van der Waals surface area contributed by atoms with Crippen LogP contribution in [0.25, 0.3) is 0 Å². The molecule has 0 aliphatic heterocycles. The second-order valence-electron chi connectivity index (χ2n) is 5.19. The fraction of sp³-hybridized carbons (Fsp3) is 0.222. The zero-order chi connectivity index (χ0) is 19.1. The lowest BCUT2D eigenvalue weighted by atomic mass is 10.1. The van der Waals surface area contributed by atoms with Gasteiger partial charge in [-0.25, -0.2) is 4.79 Å². The van der Waals surface area contributed by atoms with Crippen LogP contribution in [0, 0.1) is 0 Å². The normalized spacial score (nSPS) is 10.3. The maximum absolute atomic E-state index is 12.2. The first kappa shape index (κ1) is 19.9. The third-order valence-corrected chi connectivity index (χ3v) is 4.83. The van der Waals surface area contributed by atoms with Crippen molar-refractivity contribution in [2.75, 3.05) is 25.3 Å². The van der Waals surface area contributed by atoms with Crippen LogP contribution in [0.5, 0.6) is 11.5 Å². The summed E-state index contributed by atoms with van der Waals surface area (Å²) >= 11 is 7.46. The van der Waals surface area contributed by atoms with Crippen LogP contribution in [0.2, 0.25) is 5.02 Å². The third-order valence-electron chi connectivity index (χ3n) is 3.48. The Labute approximate surface area is 160 Å². The molecule has 0 saturated carbocycles. The predicted molar refractivity (Wildman–Crippen MR) is 103 cm³/mol. The maximum atomic E-state index is 12.2. The standard InChI is InChI=1S/C18H18ClNO5S/c1-24-15-7-12(18(22)23)14(8-16(15)25-2)20-17(21)10-26-9-11-5-3-4-6-13(11)19/h3-8H,9-10H2,1-2H3,(H,20,21)(H,22,23).